The third-order valence-corrected chi connectivity index (χ3v) is 3.43. The molecule has 0 aromatic heterocycles. The Balaban J connectivity index is 0.00000338. The summed E-state index contributed by atoms with van der Waals surface area (Å²) < 4.78 is 32.4. The zero-order valence-electron chi connectivity index (χ0n) is 15.1. The third-order valence-electron chi connectivity index (χ3n) is 3.43. The first-order chi connectivity index (χ1) is 12.0. The molecule has 2 rings (SSSR count). The summed E-state index contributed by atoms with van der Waals surface area (Å²) in [5.41, 5.74) is 1.30. The number of rotatable bonds is 6. The van der Waals surface area contributed by atoms with Gasteiger partial charge in [0.1, 0.15) is 17.4 Å². The van der Waals surface area contributed by atoms with Gasteiger partial charge in [-0.25, -0.2) is 8.78 Å². The Bertz CT molecular complexity index is 721. The molecular formula is C19H24F2IN3O. The summed E-state index contributed by atoms with van der Waals surface area (Å²) in [4.78, 5) is 4.08. The molecule has 0 aliphatic rings. The van der Waals surface area contributed by atoms with Crippen LogP contribution in [0, 0.1) is 11.6 Å². The number of benzene rings is 2. The highest BCUT2D eigenvalue weighted by Crippen LogP contribution is 2.13. The SMILES string of the molecule is CN=C(NCc1ccc(OC(C)C)cc1)NCc1cc(F)ccc1F.I. The molecule has 2 aromatic rings. The van der Waals surface area contributed by atoms with E-state index in [4.69, 9.17) is 4.74 Å². The van der Waals surface area contributed by atoms with E-state index >= 15 is 0 Å². The molecule has 0 bridgehead atoms. The molecule has 0 radical (unpaired) electrons. The molecule has 0 saturated heterocycles. The Morgan fingerprint density at radius 3 is 2.31 bits per heavy atom. The maximum Gasteiger partial charge on any atom is 0.191 e. The van der Waals surface area contributed by atoms with Gasteiger partial charge in [0, 0.05) is 25.7 Å². The van der Waals surface area contributed by atoms with Gasteiger partial charge >= 0.3 is 0 Å². The van der Waals surface area contributed by atoms with E-state index in [1.54, 1.807) is 7.05 Å². The summed E-state index contributed by atoms with van der Waals surface area (Å²) in [5, 5.41) is 6.10. The van der Waals surface area contributed by atoms with Crippen molar-refractivity contribution in [1.82, 2.24) is 10.6 Å². The lowest BCUT2D eigenvalue weighted by Crippen LogP contribution is -2.36. The quantitative estimate of drug-likeness (QED) is 0.374. The van der Waals surface area contributed by atoms with Crippen molar-refractivity contribution in [2.45, 2.75) is 33.0 Å². The lowest BCUT2D eigenvalue weighted by atomic mass is 10.2. The van der Waals surface area contributed by atoms with Gasteiger partial charge in [0.2, 0.25) is 0 Å². The molecule has 0 fully saturated rings. The molecule has 0 heterocycles. The zero-order chi connectivity index (χ0) is 18.2. The van der Waals surface area contributed by atoms with Crippen LogP contribution in [0.3, 0.4) is 0 Å². The standard InChI is InChI=1S/C19H23F2N3O.HI/c1-13(2)25-17-7-4-14(5-8-17)11-23-19(22-3)24-12-15-10-16(20)6-9-18(15)21;/h4-10,13H,11-12H2,1-3H3,(H2,22,23,24);1H. The van der Waals surface area contributed by atoms with Crippen molar-refractivity contribution < 1.29 is 13.5 Å². The van der Waals surface area contributed by atoms with Gasteiger partial charge < -0.3 is 15.4 Å². The van der Waals surface area contributed by atoms with Crippen LogP contribution in [0.2, 0.25) is 0 Å². The van der Waals surface area contributed by atoms with Gasteiger partial charge in [-0.1, -0.05) is 12.1 Å². The van der Waals surface area contributed by atoms with E-state index in [9.17, 15) is 8.78 Å². The van der Waals surface area contributed by atoms with Crippen LogP contribution in [0.5, 0.6) is 5.75 Å². The van der Waals surface area contributed by atoms with Crippen molar-refractivity contribution in [2.75, 3.05) is 7.05 Å². The smallest absolute Gasteiger partial charge is 0.191 e. The van der Waals surface area contributed by atoms with Crippen LogP contribution in [0.4, 0.5) is 8.78 Å². The molecule has 0 spiro atoms. The topological polar surface area (TPSA) is 45.7 Å². The molecule has 7 heteroatoms. The molecule has 26 heavy (non-hydrogen) atoms. The van der Waals surface area contributed by atoms with Crippen LogP contribution in [-0.2, 0) is 13.1 Å². The van der Waals surface area contributed by atoms with Crippen molar-refractivity contribution in [3.05, 3.63) is 65.2 Å². The van der Waals surface area contributed by atoms with Crippen molar-refractivity contribution >= 4 is 29.9 Å². The molecule has 0 aliphatic carbocycles. The monoisotopic (exact) mass is 475 g/mol. The largest absolute Gasteiger partial charge is 0.491 e. The number of aliphatic imine (C=N–C) groups is 1. The minimum atomic E-state index is -0.468. The molecular weight excluding hydrogens is 451 g/mol. The van der Waals surface area contributed by atoms with Crippen LogP contribution >= 0.6 is 24.0 Å². The first-order valence-electron chi connectivity index (χ1n) is 8.12. The second-order valence-electron chi connectivity index (χ2n) is 5.83. The Morgan fingerprint density at radius 1 is 1.04 bits per heavy atom. The first kappa shape index (κ1) is 22.1. The van der Waals surface area contributed by atoms with Gasteiger partial charge in [-0.05, 0) is 49.7 Å². The van der Waals surface area contributed by atoms with Crippen LogP contribution in [-0.4, -0.2) is 19.1 Å². The molecule has 2 aromatic carbocycles. The minimum Gasteiger partial charge on any atom is -0.491 e. The van der Waals surface area contributed by atoms with E-state index in [1.807, 2.05) is 38.1 Å². The molecule has 142 valence electrons. The number of nitrogens with one attached hydrogen (secondary N) is 2. The summed E-state index contributed by atoms with van der Waals surface area (Å²) in [5.74, 6) is 0.406. The normalized spacial score (nSPS) is 11.1. The van der Waals surface area contributed by atoms with Crippen molar-refractivity contribution in [3.8, 4) is 5.75 Å². The number of ether oxygens (including phenoxy) is 1. The molecule has 4 nitrogen and oxygen atoms in total. The third kappa shape index (κ3) is 7.15. The Labute approximate surface area is 170 Å². The number of hydrogen-bond donors (Lipinski definition) is 2. The lowest BCUT2D eigenvalue weighted by Gasteiger charge is -2.13. The van der Waals surface area contributed by atoms with Crippen molar-refractivity contribution in [3.63, 3.8) is 0 Å². The Kier molecular flexibility index (Phi) is 9.32. The van der Waals surface area contributed by atoms with Crippen LogP contribution < -0.4 is 15.4 Å². The van der Waals surface area contributed by atoms with E-state index in [1.165, 1.54) is 6.07 Å². The summed E-state index contributed by atoms with van der Waals surface area (Å²) in [7, 11) is 1.62. The molecule has 0 amide bonds. The highest BCUT2D eigenvalue weighted by Gasteiger charge is 2.05. The van der Waals surface area contributed by atoms with Crippen molar-refractivity contribution in [2.24, 2.45) is 4.99 Å². The van der Waals surface area contributed by atoms with Gasteiger partial charge in [-0.3, -0.25) is 4.99 Å². The Hall–Kier alpha value is -1.90. The molecule has 0 aliphatic heterocycles. The van der Waals surface area contributed by atoms with Gasteiger partial charge in [0.25, 0.3) is 0 Å². The fraction of sp³-hybridized carbons (Fsp3) is 0.316. The molecule has 0 saturated carbocycles. The van der Waals surface area contributed by atoms with E-state index < -0.39 is 11.6 Å². The van der Waals surface area contributed by atoms with Crippen LogP contribution in [0.15, 0.2) is 47.5 Å². The second-order valence-corrected chi connectivity index (χ2v) is 5.83. The van der Waals surface area contributed by atoms with Crippen molar-refractivity contribution in [1.29, 1.82) is 0 Å². The summed E-state index contributed by atoms with van der Waals surface area (Å²) in [6, 6.07) is 11.1. The highest BCUT2D eigenvalue weighted by molar-refractivity contribution is 14.0. The maximum absolute atomic E-state index is 13.6. The zero-order valence-corrected chi connectivity index (χ0v) is 17.4. The fourth-order valence-electron chi connectivity index (χ4n) is 2.22. The average molecular weight is 475 g/mol. The molecule has 0 atom stereocenters. The van der Waals surface area contributed by atoms with Crippen LogP contribution in [0.1, 0.15) is 25.0 Å². The number of guanidine groups is 1. The maximum atomic E-state index is 13.6. The van der Waals surface area contributed by atoms with E-state index in [0.29, 0.717) is 12.5 Å². The molecule has 0 unspecified atom stereocenters. The molecule has 2 N–H and O–H groups in total. The van der Waals surface area contributed by atoms with Gasteiger partial charge in [0.15, 0.2) is 5.96 Å². The number of hydrogen-bond acceptors (Lipinski definition) is 2. The average Bonchev–Trinajstić information content (AvgIpc) is 2.58. The van der Waals surface area contributed by atoms with E-state index in [-0.39, 0.29) is 42.2 Å². The minimum absolute atomic E-state index is 0. The number of nitrogens with zero attached hydrogens (tertiary/aromatic N) is 1. The van der Waals surface area contributed by atoms with Gasteiger partial charge in [0.05, 0.1) is 6.10 Å². The van der Waals surface area contributed by atoms with Crippen LogP contribution in [0.25, 0.3) is 0 Å². The predicted octanol–water partition coefficient (Wildman–Crippen LogP) is 4.24. The fourth-order valence-corrected chi connectivity index (χ4v) is 2.22. The first-order valence-corrected chi connectivity index (χ1v) is 8.12. The summed E-state index contributed by atoms with van der Waals surface area (Å²) >= 11 is 0. The van der Waals surface area contributed by atoms with E-state index in [0.717, 1.165) is 23.4 Å². The summed E-state index contributed by atoms with van der Waals surface area (Å²) in [6.45, 7) is 4.65. The lowest BCUT2D eigenvalue weighted by molar-refractivity contribution is 0.242. The second kappa shape index (κ2) is 10.9. The van der Waals surface area contributed by atoms with E-state index in [2.05, 4.69) is 15.6 Å². The van der Waals surface area contributed by atoms with Gasteiger partial charge in [-0.2, -0.15) is 0 Å². The van der Waals surface area contributed by atoms with Gasteiger partial charge in [-0.15, -0.1) is 24.0 Å². The highest BCUT2D eigenvalue weighted by atomic mass is 127. The number of halogens is 3. The predicted molar refractivity (Wildman–Crippen MR) is 111 cm³/mol. The summed E-state index contributed by atoms with van der Waals surface area (Å²) in [6.07, 6.45) is 0.134. The Morgan fingerprint density at radius 2 is 1.69 bits per heavy atom.